The van der Waals surface area contributed by atoms with Crippen molar-refractivity contribution in [3.63, 3.8) is 0 Å². The Morgan fingerprint density at radius 1 is 1.18 bits per heavy atom. The number of benzene rings is 1. The molecule has 0 fully saturated rings. The molecule has 1 rings (SSSR count). The van der Waals surface area contributed by atoms with Gasteiger partial charge in [0.2, 0.25) is 0 Å². The molecule has 0 amide bonds. The summed E-state index contributed by atoms with van der Waals surface area (Å²) in [5.74, 6) is 0.803. The normalized spacial score (nSPS) is 12.8. The summed E-state index contributed by atoms with van der Waals surface area (Å²) >= 11 is 11.2. The smallest absolute Gasteiger partial charge is 0.137 e. The molecule has 0 saturated carbocycles. The third-order valence-electron chi connectivity index (χ3n) is 2.48. The predicted octanol–water partition coefficient (Wildman–Crippen LogP) is 4.09. The Kier molecular flexibility index (Phi) is 6.71. The fourth-order valence-corrected chi connectivity index (χ4v) is 1.74. The summed E-state index contributed by atoms with van der Waals surface area (Å²) in [5, 5.41) is 9.63. The third-order valence-corrected chi connectivity index (χ3v) is 2.95. The van der Waals surface area contributed by atoms with Gasteiger partial charge in [-0.15, -0.1) is 23.2 Å². The van der Waals surface area contributed by atoms with Crippen LogP contribution in [0, 0.1) is 0 Å². The molecule has 0 aliphatic heterocycles. The van der Waals surface area contributed by atoms with E-state index in [0.717, 1.165) is 18.8 Å². The molecule has 1 N–H and O–H groups in total. The second-order valence-corrected chi connectivity index (χ2v) is 5.07. The number of aliphatic hydroxyl groups is 1. The lowest BCUT2D eigenvalue weighted by atomic mass is 10.1. The Morgan fingerprint density at radius 2 is 1.82 bits per heavy atom. The number of alkyl halides is 2. The van der Waals surface area contributed by atoms with Crippen molar-refractivity contribution in [3.8, 4) is 5.75 Å². The summed E-state index contributed by atoms with van der Waals surface area (Å²) in [4.78, 5) is -0.814. The van der Waals surface area contributed by atoms with Gasteiger partial charge in [-0.1, -0.05) is 31.9 Å². The summed E-state index contributed by atoms with van der Waals surface area (Å²) in [5.41, 5.74) is 0.695. The zero-order chi connectivity index (χ0) is 12.7. The van der Waals surface area contributed by atoms with Gasteiger partial charge in [0.25, 0.3) is 0 Å². The monoisotopic (exact) mass is 276 g/mol. The molecule has 0 aliphatic rings. The van der Waals surface area contributed by atoms with Gasteiger partial charge in [0, 0.05) is 0 Å². The molecule has 1 aromatic carbocycles. The zero-order valence-electron chi connectivity index (χ0n) is 9.90. The highest BCUT2D eigenvalue weighted by molar-refractivity contribution is 6.44. The predicted molar refractivity (Wildman–Crippen MR) is 71.9 cm³/mol. The first-order valence-corrected chi connectivity index (χ1v) is 6.71. The van der Waals surface area contributed by atoms with Gasteiger partial charge in [0.1, 0.15) is 16.7 Å². The van der Waals surface area contributed by atoms with Gasteiger partial charge in [0.15, 0.2) is 0 Å². The molecule has 96 valence electrons. The molecular formula is C13H18Cl2O2. The summed E-state index contributed by atoms with van der Waals surface area (Å²) < 4.78 is 5.56. The minimum absolute atomic E-state index is 0.695. The Balaban J connectivity index is 2.44. The summed E-state index contributed by atoms with van der Waals surface area (Å²) in [7, 11) is 0. The largest absolute Gasteiger partial charge is 0.494 e. The van der Waals surface area contributed by atoms with Crippen molar-refractivity contribution >= 4 is 23.2 Å². The second kappa shape index (κ2) is 7.80. The van der Waals surface area contributed by atoms with Crippen molar-refractivity contribution in [1.29, 1.82) is 0 Å². The van der Waals surface area contributed by atoms with E-state index in [1.807, 2.05) is 12.1 Å². The zero-order valence-corrected chi connectivity index (χ0v) is 11.4. The number of rotatable bonds is 7. The number of halogens is 2. The Morgan fingerprint density at radius 3 is 2.35 bits per heavy atom. The first-order chi connectivity index (χ1) is 8.15. The average molecular weight is 277 g/mol. The summed E-state index contributed by atoms with van der Waals surface area (Å²) in [6, 6.07) is 7.19. The molecule has 4 heteroatoms. The number of aliphatic hydroxyl groups excluding tert-OH is 1. The van der Waals surface area contributed by atoms with E-state index in [9.17, 15) is 5.11 Å². The molecule has 0 aliphatic carbocycles. The van der Waals surface area contributed by atoms with Crippen molar-refractivity contribution in [2.75, 3.05) is 6.61 Å². The van der Waals surface area contributed by atoms with E-state index in [-0.39, 0.29) is 0 Å². The third kappa shape index (κ3) is 5.15. The molecule has 17 heavy (non-hydrogen) atoms. The Bertz CT molecular complexity index is 312. The highest BCUT2D eigenvalue weighted by Crippen LogP contribution is 2.25. The van der Waals surface area contributed by atoms with Gasteiger partial charge in [-0.05, 0) is 24.1 Å². The quantitative estimate of drug-likeness (QED) is 0.600. The number of hydrogen-bond donors (Lipinski definition) is 1. The maximum atomic E-state index is 9.63. The van der Waals surface area contributed by atoms with E-state index < -0.39 is 10.9 Å². The van der Waals surface area contributed by atoms with Crippen molar-refractivity contribution in [2.45, 2.75) is 37.1 Å². The lowest BCUT2D eigenvalue weighted by molar-refractivity contribution is 0.192. The summed E-state index contributed by atoms with van der Waals surface area (Å²) in [6.07, 6.45) is 2.57. The van der Waals surface area contributed by atoms with E-state index in [1.54, 1.807) is 12.1 Å². The molecule has 0 spiro atoms. The number of ether oxygens (including phenoxy) is 1. The molecular weight excluding hydrogens is 259 g/mol. The van der Waals surface area contributed by atoms with Gasteiger partial charge in [0.05, 0.1) is 6.61 Å². The van der Waals surface area contributed by atoms with Gasteiger partial charge in [-0.25, -0.2) is 0 Å². The van der Waals surface area contributed by atoms with Crippen LogP contribution in [0.1, 0.15) is 37.9 Å². The van der Waals surface area contributed by atoms with Gasteiger partial charge < -0.3 is 9.84 Å². The second-order valence-electron chi connectivity index (χ2n) is 3.90. The van der Waals surface area contributed by atoms with E-state index >= 15 is 0 Å². The molecule has 1 unspecified atom stereocenters. The van der Waals surface area contributed by atoms with Crippen molar-refractivity contribution < 1.29 is 9.84 Å². The van der Waals surface area contributed by atoms with Crippen LogP contribution in [0.2, 0.25) is 0 Å². The van der Waals surface area contributed by atoms with Crippen molar-refractivity contribution in [1.82, 2.24) is 0 Å². The van der Waals surface area contributed by atoms with Crippen LogP contribution < -0.4 is 4.74 Å². The molecule has 0 heterocycles. The van der Waals surface area contributed by atoms with Crippen LogP contribution in [-0.4, -0.2) is 16.5 Å². The average Bonchev–Trinajstić information content (AvgIpc) is 2.34. The Hall–Kier alpha value is -0.440. The van der Waals surface area contributed by atoms with Crippen LogP contribution in [0.5, 0.6) is 5.75 Å². The topological polar surface area (TPSA) is 29.5 Å². The minimum Gasteiger partial charge on any atom is -0.494 e. The lowest BCUT2D eigenvalue weighted by Gasteiger charge is -2.12. The molecule has 0 radical (unpaired) electrons. The molecule has 0 saturated heterocycles. The van der Waals surface area contributed by atoms with Crippen molar-refractivity contribution in [2.24, 2.45) is 0 Å². The number of unbranched alkanes of at least 4 members (excludes halogenated alkanes) is 2. The van der Waals surface area contributed by atoms with E-state index in [2.05, 4.69) is 6.92 Å². The first-order valence-electron chi connectivity index (χ1n) is 5.84. The molecule has 0 aromatic heterocycles. The van der Waals surface area contributed by atoms with Crippen LogP contribution in [0.3, 0.4) is 0 Å². The summed E-state index contributed by atoms with van der Waals surface area (Å²) in [6.45, 7) is 2.88. The van der Waals surface area contributed by atoms with Gasteiger partial charge in [-0.2, -0.15) is 0 Å². The fraction of sp³-hybridized carbons (Fsp3) is 0.538. The number of hydrogen-bond acceptors (Lipinski definition) is 2. The maximum Gasteiger partial charge on any atom is 0.137 e. The van der Waals surface area contributed by atoms with Crippen LogP contribution in [-0.2, 0) is 0 Å². The minimum atomic E-state index is -0.854. The standard InChI is InChI=1S/C13H18Cl2O2/c1-2-3-4-9-17-11-7-5-10(6-8-11)12(16)13(14)15/h5-8,12-13,16H,2-4,9H2,1H3. The first kappa shape index (κ1) is 14.6. The van der Waals surface area contributed by atoms with Crippen LogP contribution in [0.4, 0.5) is 0 Å². The van der Waals surface area contributed by atoms with Crippen LogP contribution >= 0.6 is 23.2 Å². The molecule has 2 nitrogen and oxygen atoms in total. The van der Waals surface area contributed by atoms with E-state index in [0.29, 0.717) is 5.56 Å². The molecule has 0 bridgehead atoms. The maximum absolute atomic E-state index is 9.63. The molecule has 1 aromatic rings. The van der Waals surface area contributed by atoms with E-state index in [1.165, 1.54) is 12.8 Å². The fourth-order valence-electron chi connectivity index (χ4n) is 1.45. The Labute approximate surface area is 113 Å². The van der Waals surface area contributed by atoms with Crippen molar-refractivity contribution in [3.05, 3.63) is 29.8 Å². The lowest BCUT2D eigenvalue weighted by Crippen LogP contribution is -2.05. The van der Waals surface area contributed by atoms with Gasteiger partial charge >= 0.3 is 0 Å². The SMILES string of the molecule is CCCCCOc1ccc(C(O)C(Cl)Cl)cc1. The molecule has 1 atom stereocenters. The van der Waals surface area contributed by atoms with E-state index in [4.69, 9.17) is 27.9 Å². The van der Waals surface area contributed by atoms with Crippen LogP contribution in [0.15, 0.2) is 24.3 Å². The van der Waals surface area contributed by atoms with Gasteiger partial charge in [-0.3, -0.25) is 0 Å². The highest BCUT2D eigenvalue weighted by Gasteiger charge is 2.15. The highest BCUT2D eigenvalue weighted by atomic mass is 35.5. The van der Waals surface area contributed by atoms with Crippen LogP contribution in [0.25, 0.3) is 0 Å².